The number of aromatic nitrogens is 2. The van der Waals surface area contributed by atoms with Gasteiger partial charge in [0.2, 0.25) is 5.95 Å². The van der Waals surface area contributed by atoms with Crippen molar-refractivity contribution in [2.24, 2.45) is 7.05 Å². The Morgan fingerprint density at radius 1 is 1.34 bits per heavy atom. The quantitative estimate of drug-likeness (QED) is 0.718. The van der Waals surface area contributed by atoms with Crippen LogP contribution in [0.4, 0.5) is 10.7 Å². The highest BCUT2D eigenvalue weighted by Gasteiger charge is 2.63. The highest BCUT2D eigenvalue weighted by atomic mass is 79.9. The first-order valence-corrected chi connectivity index (χ1v) is 9.81. The summed E-state index contributed by atoms with van der Waals surface area (Å²) in [5, 5.41) is 12.4. The molecular formula is C20H22BrN3O5. The average molecular weight is 464 g/mol. The molecule has 1 amide bonds. The second-order valence-electron chi connectivity index (χ2n) is 8.07. The van der Waals surface area contributed by atoms with Crippen LogP contribution in [0.15, 0.2) is 39.6 Å². The lowest BCUT2D eigenvalue weighted by Crippen LogP contribution is -2.31. The van der Waals surface area contributed by atoms with E-state index in [2.05, 4.69) is 26.2 Å². The van der Waals surface area contributed by atoms with Crippen LogP contribution in [0.3, 0.4) is 0 Å². The maximum Gasteiger partial charge on any atom is 0.414 e. The van der Waals surface area contributed by atoms with Gasteiger partial charge in [0.25, 0.3) is 5.56 Å². The fraction of sp³-hybridized carbons (Fsp3) is 0.400. The van der Waals surface area contributed by atoms with E-state index in [4.69, 9.17) is 4.74 Å². The Labute approximate surface area is 176 Å². The lowest BCUT2D eigenvalue weighted by Gasteiger charge is -2.20. The zero-order valence-corrected chi connectivity index (χ0v) is 18.1. The second kappa shape index (κ2) is 7.29. The molecule has 0 radical (unpaired) electrons. The molecule has 1 aliphatic carbocycles. The number of carbonyl (C=O) groups is 2. The van der Waals surface area contributed by atoms with Crippen LogP contribution in [0, 0.1) is 0 Å². The molecule has 1 aliphatic rings. The van der Waals surface area contributed by atoms with Crippen LogP contribution in [0.1, 0.15) is 44.4 Å². The number of nitrogens with one attached hydrogen (secondary N) is 1. The lowest BCUT2D eigenvalue weighted by atomic mass is 9.92. The van der Waals surface area contributed by atoms with Crippen LogP contribution in [0.25, 0.3) is 0 Å². The van der Waals surface area contributed by atoms with Crippen LogP contribution in [0.5, 0.6) is 0 Å². The molecule has 0 spiro atoms. The Hall–Kier alpha value is -2.68. The fourth-order valence-corrected chi connectivity index (χ4v) is 3.71. The SMILES string of the molecule is Cn1c(NC(=O)OC(C)(C)C)nc([C@H]2C[C@]2(C(=O)O)c2cccc(Br)c2)cc1=O. The first-order valence-electron chi connectivity index (χ1n) is 9.01. The Morgan fingerprint density at radius 2 is 2.03 bits per heavy atom. The molecule has 0 aliphatic heterocycles. The predicted octanol–water partition coefficient (Wildman–Crippen LogP) is 3.40. The predicted molar refractivity (Wildman–Crippen MR) is 110 cm³/mol. The Morgan fingerprint density at radius 3 is 2.62 bits per heavy atom. The van der Waals surface area contributed by atoms with Gasteiger partial charge in [-0.1, -0.05) is 28.1 Å². The van der Waals surface area contributed by atoms with Crippen molar-refractivity contribution in [2.45, 2.75) is 44.1 Å². The van der Waals surface area contributed by atoms with Gasteiger partial charge in [0.15, 0.2) is 0 Å². The number of aliphatic carboxylic acids is 1. The van der Waals surface area contributed by atoms with Gasteiger partial charge in [0.1, 0.15) is 11.0 Å². The average Bonchev–Trinajstić information content (AvgIpc) is 3.34. The molecule has 2 N–H and O–H groups in total. The van der Waals surface area contributed by atoms with Crippen LogP contribution in [-0.4, -0.2) is 32.3 Å². The first kappa shape index (κ1) is 21.0. The molecule has 8 nitrogen and oxygen atoms in total. The molecule has 1 aromatic carbocycles. The summed E-state index contributed by atoms with van der Waals surface area (Å²) in [4.78, 5) is 41.0. The molecule has 1 aromatic heterocycles. The Kier molecular flexibility index (Phi) is 5.29. The number of halogens is 1. The highest BCUT2D eigenvalue weighted by Crippen LogP contribution is 2.60. The van der Waals surface area contributed by atoms with Crippen molar-refractivity contribution < 1.29 is 19.4 Å². The number of amides is 1. The number of carboxylic acid groups (broad SMARTS) is 1. The molecule has 1 heterocycles. The molecular weight excluding hydrogens is 442 g/mol. The zero-order valence-electron chi connectivity index (χ0n) is 16.5. The maximum absolute atomic E-state index is 12.4. The summed E-state index contributed by atoms with van der Waals surface area (Å²) in [6.45, 7) is 5.16. The molecule has 1 fully saturated rings. The molecule has 2 atom stereocenters. The number of ether oxygens (including phenoxy) is 1. The number of anilines is 1. The van der Waals surface area contributed by atoms with Gasteiger partial charge in [-0.2, -0.15) is 0 Å². The van der Waals surface area contributed by atoms with Gasteiger partial charge in [-0.25, -0.2) is 9.78 Å². The largest absolute Gasteiger partial charge is 0.481 e. The number of carboxylic acids is 1. The van der Waals surface area contributed by atoms with E-state index in [0.29, 0.717) is 17.7 Å². The number of hydrogen-bond donors (Lipinski definition) is 2. The topological polar surface area (TPSA) is 111 Å². The standard InChI is InChI=1S/C20H22BrN3O5/c1-19(2,3)29-18(28)23-17-22-14(9-15(25)24(17)4)13-10-20(13,16(26)27)11-6-5-7-12(21)8-11/h5-9,13H,10H2,1-4H3,(H,26,27)(H,22,23,28)/t13-,20+/m1/s1. The third kappa shape index (κ3) is 4.19. The van der Waals surface area contributed by atoms with E-state index in [1.165, 1.54) is 17.7 Å². The van der Waals surface area contributed by atoms with Crippen molar-refractivity contribution in [3.8, 4) is 0 Å². The van der Waals surface area contributed by atoms with Crippen molar-refractivity contribution in [3.63, 3.8) is 0 Å². The van der Waals surface area contributed by atoms with Crippen molar-refractivity contribution in [1.82, 2.24) is 9.55 Å². The molecule has 9 heteroatoms. The third-order valence-corrected chi connectivity index (χ3v) is 5.30. The molecule has 0 unspecified atom stereocenters. The van der Waals surface area contributed by atoms with Gasteiger partial charge in [-0.05, 0) is 44.9 Å². The lowest BCUT2D eigenvalue weighted by molar-refractivity contribution is -0.140. The summed E-state index contributed by atoms with van der Waals surface area (Å²) in [6.07, 6.45) is -0.436. The van der Waals surface area contributed by atoms with E-state index in [1.807, 2.05) is 6.07 Å². The van der Waals surface area contributed by atoms with E-state index in [0.717, 1.165) is 4.47 Å². The van der Waals surface area contributed by atoms with Gasteiger partial charge in [-0.15, -0.1) is 0 Å². The van der Waals surface area contributed by atoms with Crippen LogP contribution < -0.4 is 10.9 Å². The molecule has 29 heavy (non-hydrogen) atoms. The Balaban J connectivity index is 1.96. The number of carbonyl (C=O) groups excluding carboxylic acids is 1. The van der Waals surface area contributed by atoms with Crippen LogP contribution >= 0.6 is 15.9 Å². The Bertz CT molecular complexity index is 1040. The normalized spacial score (nSPS) is 20.8. The minimum absolute atomic E-state index is 0.00202. The molecule has 154 valence electrons. The van der Waals surface area contributed by atoms with Gasteiger partial charge in [0.05, 0.1) is 5.69 Å². The monoisotopic (exact) mass is 463 g/mol. The highest BCUT2D eigenvalue weighted by molar-refractivity contribution is 9.10. The van der Waals surface area contributed by atoms with Crippen molar-refractivity contribution in [1.29, 1.82) is 0 Å². The number of rotatable bonds is 4. The van der Waals surface area contributed by atoms with Gasteiger partial charge in [-0.3, -0.25) is 19.5 Å². The van der Waals surface area contributed by atoms with Crippen molar-refractivity contribution >= 4 is 33.9 Å². The van der Waals surface area contributed by atoms with Gasteiger partial charge in [0, 0.05) is 23.5 Å². The zero-order chi connectivity index (χ0) is 21.6. The minimum atomic E-state index is -1.16. The fourth-order valence-electron chi connectivity index (χ4n) is 3.31. The number of benzene rings is 1. The molecule has 0 bridgehead atoms. The number of hydrogen-bond acceptors (Lipinski definition) is 5. The van der Waals surface area contributed by atoms with E-state index in [1.54, 1.807) is 39.0 Å². The van der Waals surface area contributed by atoms with Gasteiger partial charge >= 0.3 is 12.1 Å². The maximum atomic E-state index is 12.4. The first-order chi connectivity index (χ1) is 13.4. The summed E-state index contributed by atoms with van der Waals surface area (Å²) >= 11 is 3.37. The van der Waals surface area contributed by atoms with E-state index < -0.39 is 34.6 Å². The summed E-state index contributed by atoms with van der Waals surface area (Å²) in [5.41, 5.74) is -1.32. The van der Waals surface area contributed by atoms with E-state index in [-0.39, 0.29) is 5.95 Å². The van der Waals surface area contributed by atoms with Crippen molar-refractivity contribution in [3.05, 3.63) is 56.4 Å². The number of nitrogens with zero attached hydrogens (tertiary/aromatic N) is 2. The van der Waals surface area contributed by atoms with E-state index in [9.17, 15) is 19.5 Å². The molecule has 0 saturated heterocycles. The smallest absolute Gasteiger partial charge is 0.414 e. The minimum Gasteiger partial charge on any atom is -0.481 e. The second-order valence-corrected chi connectivity index (χ2v) is 8.99. The molecule has 2 aromatic rings. The van der Waals surface area contributed by atoms with E-state index >= 15 is 0 Å². The van der Waals surface area contributed by atoms with Gasteiger partial charge < -0.3 is 9.84 Å². The summed E-state index contributed by atoms with van der Waals surface area (Å²) in [6, 6.07) is 8.41. The molecule has 1 saturated carbocycles. The van der Waals surface area contributed by atoms with Crippen LogP contribution in [0.2, 0.25) is 0 Å². The molecule has 3 rings (SSSR count). The van der Waals surface area contributed by atoms with Crippen molar-refractivity contribution in [2.75, 3.05) is 5.32 Å². The summed E-state index contributed by atoms with van der Waals surface area (Å²) in [7, 11) is 1.47. The van der Waals surface area contributed by atoms with Crippen LogP contribution in [-0.2, 0) is 22.0 Å². The summed E-state index contributed by atoms with van der Waals surface area (Å²) < 4.78 is 7.16. The third-order valence-electron chi connectivity index (χ3n) is 4.81. The summed E-state index contributed by atoms with van der Waals surface area (Å²) in [5.74, 6) is -1.46.